The maximum Gasteiger partial charge on any atom is 0.253 e. The Morgan fingerprint density at radius 2 is 2.16 bits per heavy atom. The molecule has 3 N–H and O–H groups in total. The van der Waals surface area contributed by atoms with Crippen LogP contribution in [-0.2, 0) is 0 Å². The molecular formula is C14H20N2O3. The molecule has 1 aromatic rings. The van der Waals surface area contributed by atoms with Crippen LogP contribution in [0.1, 0.15) is 23.2 Å². The Bertz CT molecular complexity index is 454. The Morgan fingerprint density at radius 1 is 1.47 bits per heavy atom. The van der Waals surface area contributed by atoms with Gasteiger partial charge in [-0.15, -0.1) is 0 Å². The molecule has 0 spiro atoms. The van der Waals surface area contributed by atoms with Gasteiger partial charge in [0.2, 0.25) is 0 Å². The average Bonchev–Trinajstić information content (AvgIpc) is 2.47. The summed E-state index contributed by atoms with van der Waals surface area (Å²) in [6, 6.07) is 7.10. The normalized spacial score (nSPS) is 18.2. The first-order chi connectivity index (χ1) is 9.08. The molecule has 1 aromatic carbocycles. The predicted molar refractivity (Wildman–Crippen MR) is 72.1 cm³/mol. The van der Waals surface area contributed by atoms with Crippen LogP contribution < -0.4 is 10.5 Å². The molecule has 0 aliphatic carbocycles. The number of methoxy groups -OCH3 is 1. The summed E-state index contributed by atoms with van der Waals surface area (Å²) in [5.74, 6) is 0.638. The Balaban J connectivity index is 2.05. The molecule has 0 unspecified atom stereocenters. The van der Waals surface area contributed by atoms with Gasteiger partial charge < -0.3 is 20.5 Å². The summed E-state index contributed by atoms with van der Waals surface area (Å²) in [4.78, 5) is 14.1. The molecule has 0 bridgehead atoms. The number of hydrogen-bond donors (Lipinski definition) is 2. The van der Waals surface area contributed by atoms with Crippen LogP contribution in [0.2, 0.25) is 0 Å². The van der Waals surface area contributed by atoms with Gasteiger partial charge in [0.15, 0.2) is 0 Å². The van der Waals surface area contributed by atoms with Crippen molar-refractivity contribution in [1.82, 2.24) is 4.90 Å². The van der Waals surface area contributed by atoms with Crippen molar-refractivity contribution in [2.24, 2.45) is 5.73 Å². The fourth-order valence-corrected chi connectivity index (χ4v) is 2.27. The van der Waals surface area contributed by atoms with Crippen molar-refractivity contribution in [3.8, 4) is 5.75 Å². The van der Waals surface area contributed by atoms with E-state index < -0.39 is 5.60 Å². The Kier molecular flexibility index (Phi) is 4.07. The molecule has 2 rings (SSSR count). The minimum absolute atomic E-state index is 0.0297. The topological polar surface area (TPSA) is 75.8 Å². The van der Waals surface area contributed by atoms with Crippen molar-refractivity contribution >= 4 is 5.91 Å². The summed E-state index contributed by atoms with van der Waals surface area (Å²) >= 11 is 0. The Labute approximate surface area is 113 Å². The lowest BCUT2D eigenvalue weighted by Gasteiger charge is -2.37. The first-order valence-corrected chi connectivity index (χ1v) is 6.44. The summed E-state index contributed by atoms with van der Waals surface area (Å²) in [5.41, 5.74) is 5.33. The molecule has 19 heavy (non-hydrogen) atoms. The fraction of sp³-hybridized carbons (Fsp3) is 0.500. The number of aliphatic hydroxyl groups is 1. The van der Waals surface area contributed by atoms with Crippen LogP contribution in [0.3, 0.4) is 0 Å². The average molecular weight is 264 g/mol. The number of likely N-dealkylation sites (tertiary alicyclic amines) is 1. The lowest BCUT2D eigenvalue weighted by molar-refractivity contribution is -0.00952. The SMILES string of the molecule is COc1cccc(C(=O)N2CCC(O)(CN)CC2)c1. The molecule has 1 aliphatic rings. The molecular weight excluding hydrogens is 244 g/mol. The zero-order chi connectivity index (χ0) is 13.9. The van der Waals surface area contributed by atoms with E-state index in [1.807, 2.05) is 0 Å². The van der Waals surface area contributed by atoms with Crippen molar-refractivity contribution in [2.75, 3.05) is 26.7 Å². The molecule has 1 fully saturated rings. The number of benzene rings is 1. The number of carbonyl (C=O) groups is 1. The molecule has 0 radical (unpaired) electrons. The van der Waals surface area contributed by atoms with Crippen LogP contribution in [0.25, 0.3) is 0 Å². The fourth-order valence-electron chi connectivity index (χ4n) is 2.27. The highest BCUT2D eigenvalue weighted by atomic mass is 16.5. The second-order valence-corrected chi connectivity index (χ2v) is 4.95. The molecule has 0 aromatic heterocycles. The number of piperidine rings is 1. The summed E-state index contributed by atoms with van der Waals surface area (Å²) < 4.78 is 5.12. The van der Waals surface area contributed by atoms with Gasteiger partial charge >= 0.3 is 0 Å². The standard InChI is InChI=1S/C14H20N2O3/c1-19-12-4-2-3-11(9-12)13(17)16-7-5-14(18,10-15)6-8-16/h2-4,9,18H,5-8,10,15H2,1H3. The number of ether oxygens (including phenoxy) is 1. The van der Waals surface area contributed by atoms with Gasteiger partial charge in [-0.1, -0.05) is 6.07 Å². The summed E-state index contributed by atoms with van der Waals surface area (Å²) in [6.45, 7) is 1.31. The highest BCUT2D eigenvalue weighted by Gasteiger charge is 2.32. The minimum Gasteiger partial charge on any atom is -0.497 e. The third-order valence-corrected chi connectivity index (χ3v) is 3.68. The van der Waals surface area contributed by atoms with E-state index in [0.717, 1.165) is 0 Å². The van der Waals surface area contributed by atoms with Gasteiger partial charge in [-0.2, -0.15) is 0 Å². The van der Waals surface area contributed by atoms with E-state index in [1.165, 1.54) is 0 Å². The number of carbonyl (C=O) groups excluding carboxylic acids is 1. The maximum atomic E-state index is 12.3. The van der Waals surface area contributed by atoms with Crippen molar-refractivity contribution in [1.29, 1.82) is 0 Å². The first kappa shape index (κ1) is 13.8. The Hall–Kier alpha value is -1.59. The molecule has 1 heterocycles. The quantitative estimate of drug-likeness (QED) is 0.839. The van der Waals surface area contributed by atoms with Gasteiger partial charge in [0.1, 0.15) is 5.75 Å². The van der Waals surface area contributed by atoms with Crippen LogP contribution >= 0.6 is 0 Å². The lowest BCUT2D eigenvalue weighted by atomic mass is 9.91. The zero-order valence-electron chi connectivity index (χ0n) is 11.1. The van der Waals surface area contributed by atoms with Crippen LogP contribution in [-0.4, -0.2) is 48.3 Å². The van der Waals surface area contributed by atoms with E-state index >= 15 is 0 Å². The zero-order valence-corrected chi connectivity index (χ0v) is 11.1. The van der Waals surface area contributed by atoms with Crippen molar-refractivity contribution in [3.05, 3.63) is 29.8 Å². The van der Waals surface area contributed by atoms with Crippen LogP contribution in [0, 0.1) is 0 Å². The number of nitrogens with two attached hydrogens (primary N) is 1. The molecule has 5 nitrogen and oxygen atoms in total. The molecule has 1 saturated heterocycles. The van der Waals surface area contributed by atoms with E-state index in [0.29, 0.717) is 37.2 Å². The van der Waals surface area contributed by atoms with Crippen molar-refractivity contribution < 1.29 is 14.6 Å². The highest BCUT2D eigenvalue weighted by Crippen LogP contribution is 2.23. The second-order valence-electron chi connectivity index (χ2n) is 4.95. The summed E-state index contributed by atoms with van der Waals surface area (Å²) in [7, 11) is 1.58. The van der Waals surface area contributed by atoms with Crippen molar-refractivity contribution in [3.63, 3.8) is 0 Å². The Morgan fingerprint density at radius 3 is 2.74 bits per heavy atom. The minimum atomic E-state index is -0.814. The van der Waals surface area contributed by atoms with Gasteiger partial charge in [-0.3, -0.25) is 4.79 Å². The van der Waals surface area contributed by atoms with E-state index in [1.54, 1.807) is 36.3 Å². The highest BCUT2D eigenvalue weighted by molar-refractivity contribution is 5.94. The third kappa shape index (κ3) is 3.05. The largest absolute Gasteiger partial charge is 0.497 e. The van der Waals surface area contributed by atoms with E-state index in [9.17, 15) is 9.90 Å². The number of nitrogens with zero attached hydrogens (tertiary/aromatic N) is 1. The smallest absolute Gasteiger partial charge is 0.253 e. The first-order valence-electron chi connectivity index (χ1n) is 6.44. The van der Waals surface area contributed by atoms with Gasteiger partial charge in [0, 0.05) is 25.2 Å². The van der Waals surface area contributed by atoms with Crippen LogP contribution in [0.15, 0.2) is 24.3 Å². The third-order valence-electron chi connectivity index (χ3n) is 3.68. The molecule has 1 aliphatic heterocycles. The molecule has 0 atom stereocenters. The maximum absolute atomic E-state index is 12.3. The number of rotatable bonds is 3. The second kappa shape index (κ2) is 5.59. The summed E-state index contributed by atoms with van der Waals surface area (Å²) in [5, 5.41) is 10.0. The predicted octanol–water partition coefficient (Wildman–Crippen LogP) is 0.621. The van der Waals surface area contributed by atoms with Gasteiger partial charge in [-0.25, -0.2) is 0 Å². The lowest BCUT2D eigenvalue weighted by Crippen LogP contribution is -2.50. The number of amides is 1. The molecule has 5 heteroatoms. The molecule has 0 saturated carbocycles. The van der Waals surface area contributed by atoms with Crippen LogP contribution in [0.4, 0.5) is 0 Å². The molecule has 104 valence electrons. The van der Waals surface area contributed by atoms with Gasteiger partial charge in [0.05, 0.1) is 12.7 Å². The number of hydrogen-bond acceptors (Lipinski definition) is 4. The van der Waals surface area contributed by atoms with Crippen molar-refractivity contribution in [2.45, 2.75) is 18.4 Å². The van der Waals surface area contributed by atoms with E-state index in [4.69, 9.17) is 10.5 Å². The van der Waals surface area contributed by atoms with Crippen LogP contribution in [0.5, 0.6) is 5.75 Å². The van der Waals surface area contributed by atoms with Gasteiger partial charge in [0.25, 0.3) is 5.91 Å². The van der Waals surface area contributed by atoms with Gasteiger partial charge in [-0.05, 0) is 31.0 Å². The monoisotopic (exact) mass is 264 g/mol. The molecule has 1 amide bonds. The summed E-state index contributed by atoms with van der Waals surface area (Å²) in [6.07, 6.45) is 1.05. The van der Waals surface area contributed by atoms with E-state index in [2.05, 4.69) is 0 Å². The van der Waals surface area contributed by atoms with E-state index in [-0.39, 0.29) is 12.5 Å².